The second kappa shape index (κ2) is 5.99. The predicted molar refractivity (Wildman–Crippen MR) is 79.2 cm³/mol. The Balaban J connectivity index is 2.24. The van der Waals surface area contributed by atoms with Crippen LogP contribution < -0.4 is 5.32 Å². The molecule has 1 amide bonds. The fourth-order valence-corrected chi connectivity index (χ4v) is 2.08. The Kier molecular flexibility index (Phi) is 4.30. The van der Waals surface area contributed by atoms with E-state index < -0.39 is 10.8 Å². The molecular weight excluding hydrogens is 319 g/mol. The lowest BCUT2D eigenvalue weighted by Crippen LogP contribution is -2.12. The Hall–Kier alpha value is -2.31. The standard InChI is InChI=1S/C13H8Cl2N2O4/c14-8-5-10(15)12(18)11(6-8)16-13(19)7-1-3-9(4-2-7)17(20)21/h1-6,18H,(H,16,19). The van der Waals surface area contributed by atoms with Gasteiger partial charge in [0.15, 0.2) is 5.75 Å². The number of nitro benzene ring substituents is 1. The lowest BCUT2D eigenvalue weighted by atomic mass is 10.2. The first kappa shape index (κ1) is 15.1. The van der Waals surface area contributed by atoms with Gasteiger partial charge in [-0.3, -0.25) is 14.9 Å². The number of hydrogen-bond acceptors (Lipinski definition) is 4. The molecule has 0 aliphatic carbocycles. The van der Waals surface area contributed by atoms with Crippen LogP contribution in [0.4, 0.5) is 11.4 Å². The van der Waals surface area contributed by atoms with Gasteiger partial charge >= 0.3 is 0 Å². The van der Waals surface area contributed by atoms with Crippen molar-refractivity contribution in [1.29, 1.82) is 0 Å². The van der Waals surface area contributed by atoms with Gasteiger partial charge in [0.1, 0.15) is 0 Å². The molecule has 0 atom stereocenters. The summed E-state index contributed by atoms with van der Waals surface area (Å²) in [5.41, 5.74) is 0.118. The molecule has 0 spiro atoms. The van der Waals surface area contributed by atoms with Crippen LogP contribution in [0, 0.1) is 10.1 Å². The summed E-state index contributed by atoms with van der Waals surface area (Å²) in [5.74, 6) is -0.866. The number of amides is 1. The van der Waals surface area contributed by atoms with Gasteiger partial charge in [0.25, 0.3) is 11.6 Å². The summed E-state index contributed by atoms with van der Waals surface area (Å²) in [6, 6.07) is 7.69. The van der Waals surface area contributed by atoms with Crippen molar-refractivity contribution < 1.29 is 14.8 Å². The molecule has 0 radical (unpaired) electrons. The first-order valence-electron chi connectivity index (χ1n) is 5.62. The largest absolute Gasteiger partial charge is 0.504 e. The molecule has 2 rings (SSSR count). The molecule has 2 N–H and O–H groups in total. The first-order valence-corrected chi connectivity index (χ1v) is 6.38. The average Bonchev–Trinajstić information content (AvgIpc) is 2.44. The number of rotatable bonds is 3. The monoisotopic (exact) mass is 326 g/mol. The Labute approximate surface area is 129 Å². The van der Waals surface area contributed by atoms with Gasteiger partial charge in [-0.25, -0.2) is 0 Å². The maximum Gasteiger partial charge on any atom is 0.269 e. The third-order valence-electron chi connectivity index (χ3n) is 2.62. The summed E-state index contributed by atoms with van der Waals surface area (Å²) in [7, 11) is 0. The lowest BCUT2D eigenvalue weighted by Gasteiger charge is -2.09. The van der Waals surface area contributed by atoms with Crippen LogP contribution in [0.1, 0.15) is 10.4 Å². The molecule has 0 bridgehead atoms. The highest BCUT2D eigenvalue weighted by Gasteiger charge is 2.13. The van der Waals surface area contributed by atoms with E-state index in [-0.39, 0.29) is 32.7 Å². The van der Waals surface area contributed by atoms with E-state index >= 15 is 0 Å². The van der Waals surface area contributed by atoms with Crippen molar-refractivity contribution in [3.05, 3.63) is 62.1 Å². The van der Waals surface area contributed by atoms with Crippen molar-refractivity contribution >= 4 is 40.5 Å². The molecule has 0 unspecified atom stereocenters. The second-order valence-corrected chi connectivity index (χ2v) is 4.89. The highest BCUT2D eigenvalue weighted by Crippen LogP contribution is 2.35. The summed E-state index contributed by atoms with van der Waals surface area (Å²) >= 11 is 11.5. The van der Waals surface area contributed by atoms with E-state index in [0.29, 0.717) is 0 Å². The van der Waals surface area contributed by atoms with Crippen molar-refractivity contribution in [2.75, 3.05) is 5.32 Å². The Morgan fingerprint density at radius 1 is 1.19 bits per heavy atom. The van der Waals surface area contributed by atoms with E-state index in [1.165, 1.54) is 36.4 Å². The molecule has 0 aromatic heterocycles. The van der Waals surface area contributed by atoms with Crippen molar-refractivity contribution in [3.8, 4) is 5.75 Å². The zero-order valence-electron chi connectivity index (χ0n) is 10.3. The van der Waals surface area contributed by atoms with Gasteiger partial charge in [-0.15, -0.1) is 0 Å². The van der Waals surface area contributed by atoms with Crippen molar-refractivity contribution in [2.45, 2.75) is 0 Å². The minimum atomic E-state index is -0.565. The van der Waals surface area contributed by atoms with Crippen LogP contribution in [0.2, 0.25) is 10.0 Å². The van der Waals surface area contributed by atoms with Crippen LogP contribution in [0.15, 0.2) is 36.4 Å². The van der Waals surface area contributed by atoms with E-state index in [1.807, 2.05) is 0 Å². The van der Waals surface area contributed by atoms with Gasteiger partial charge in [-0.05, 0) is 24.3 Å². The summed E-state index contributed by atoms with van der Waals surface area (Å²) in [4.78, 5) is 22.0. The highest BCUT2D eigenvalue weighted by atomic mass is 35.5. The number of non-ortho nitro benzene ring substituents is 1. The van der Waals surface area contributed by atoms with Crippen LogP contribution in [0.3, 0.4) is 0 Å². The van der Waals surface area contributed by atoms with Crippen molar-refractivity contribution in [1.82, 2.24) is 0 Å². The summed E-state index contributed by atoms with van der Waals surface area (Å²) < 4.78 is 0. The second-order valence-electron chi connectivity index (χ2n) is 4.04. The van der Waals surface area contributed by atoms with E-state index in [4.69, 9.17) is 23.2 Å². The smallest absolute Gasteiger partial charge is 0.269 e. The van der Waals surface area contributed by atoms with Crippen molar-refractivity contribution in [3.63, 3.8) is 0 Å². The molecule has 0 aliphatic rings. The van der Waals surface area contributed by atoms with Gasteiger partial charge < -0.3 is 10.4 Å². The van der Waals surface area contributed by atoms with Crippen LogP contribution in [-0.2, 0) is 0 Å². The number of nitrogens with zero attached hydrogens (tertiary/aromatic N) is 1. The van der Waals surface area contributed by atoms with E-state index in [1.54, 1.807) is 0 Å². The van der Waals surface area contributed by atoms with Crippen LogP contribution in [-0.4, -0.2) is 15.9 Å². The number of nitro groups is 1. The molecule has 21 heavy (non-hydrogen) atoms. The quantitative estimate of drug-likeness (QED) is 0.508. The normalized spacial score (nSPS) is 10.2. The number of carbonyl (C=O) groups is 1. The maximum atomic E-state index is 12.0. The third-order valence-corrected chi connectivity index (χ3v) is 3.12. The minimum Gasteiger partial charge on any atom is -0.504 e. The Morgan fingerprint density at radius 2 is 1.81 bits per heavy atom. The van der Waals surface area contributed by atoms with Crippen molar-refractivity contribution in [2.24, 2.45) is 0 Å². The van der Waals surface area contributed by atoms with E-state index in [0.717, 1.165) is 0 Å². The van der Waals surface area contributed by atoms with Crippen LogP contribution in [0.5, 0.6) is 5.75 Å². The van der Waals surface area contributed by atoms with E-state index in [9.17, 15) is 20.0 Å². The molecule has 8 heteroatoms. The topological polar surface area (TPSA) is 92.5 Å². The van der Waals surface area contributed by atoms with Gasteiger partial charge in [0.2, 0.25) is 0 Å². The molecule has 6 nitrogen and oxygen atoms in total. The number of carbonyl (C=O) groups excluding carboxylic acids is 1. The molecule has 108 valence electrons. The fraction of sp³-hybridized carbons (Fsp3) is 0. The summed E-state index contributed by atoms with van der Waals surface area (Å²) in [6.45, 7) is 0. The van der Waals surface area contributed by atoms with Crippen LogP contribution in [0.25, 0.3) is 0 Å². The number of nitrogens with one attached hydrogen (secondary N) is 1. The number of halogens is 2. The third kappa shape index (κ3) is 3.42. The maximum absolute atomic E-state index is 12.0. The zero-order chi connectivity index (χ0) is 15.6. The SMILES string of the molecule is O=C(Nc1cc(Cl)cc(Cl)c1O)c1ccc([N+](=O)[O-])cc1. The molecule has 2 aromatic carbocycles. The number of anilines is 1. The van der Waals surface area contributed by atoms with Gasteiger partial charge in [0.05, 0.1) is 15.6 Å². The first-order chi connectivity index (χ1) is 9.88. The fourth-order valence-electron chi connectivity index (χ4n) is 1.59. The predicted octanol–water partition coefficient (Wildman–Crippen LogP) is 3.86. The molecule has 0 heterocycles. The molecule has 0 aliphatic heterocycles. The lowest BCUT2D eigenvalue weighted by molar-refractivity contribution is -0.384. The van der Waals surface area contributed by atoms with Gasteiger partial charge in [0, 0.05) is 22.7 Å². The van der Waals surface area contributed by atoms with Gasteiger partial charge in [-0.2, -0.15) is 0 Å². The zero-order valence-corrected chi connectivity index (χ0v) is 11.9. The summed E-state index contributed by atoms with van der Waals surface area (Å²) in [5, 5.41) is 23.0. The molecule has 0 saturated heterocycles. The van der Waals surface area contributed by atoms with Gasteiger partial charge in [-0.1, -0.05) is 23.2 Å². The summed E-state index contributed by atoms with van der Waals surface area (Å²) in [6.07, 6.45) is 0. The number of phenols is 1. The number of aromatic hydroxyl groups is 1. The average molecular weight is 327 g/mol. The Morgan fingerprint density at radius 3 is 2.38 bits per heavy atom. The number of hydrogen-bond donors (Lipinski definition) is 2. The van der Waals surface area contributed by atoms with Crippen LogP contribution >= 0.6 is 23.2 Å². The molecular formula is C13H8Cl2N2O4. The number of phenolic OH excluding ortho intramolecular Hbond substituents is 1. The highest BCUT2D eigenvalue weighted by molar-refractivity contribution is 6.36. The minimum absolute atomic E-state index is 0.00139. The van der Waals surface area contributed by atoms with E-state index in [2.05, 4.69) is 5.32 Å². The Bertz CT molecular complexity index is 717. The molecule has 2 aromatic rings. The number of benzene rings is 2. The molecule has 0 fully saturated rings. The molecule has 0 saturated carbocycles.